The first-order chi connectivity index (χ1) is 16.8. The van der Waals surface area contributed by atoms with E-state index in [2.05, 4.69) is 5.32 Å². The van der Waals surface area contributed by atoms with Crippen molar-refractivity contribution in [1.82, 2.24) is 9.80 Å². The molecule has 1 heterocycles. The van der Waals surface area contributed by atoms with Crippen LogP contribution in [0.2, 0.25) is 0 Å². The number of hydrogen-bond donors (Lipinski definition) is 1. The smallest absolute Gasteiger partial charge is 0.322 e. The number of methoxy groups -OCH3 is 2. The summed E-state index contributed by atoms with van der Waals surface area (Å²) < 4.78 is 29.3. The summed E-state index contributed by atoms with van der Waals surface area (Å²) in [5.41, 5.74) is 1.23. The molecule has 0 spiro atoms. The average Bonchev–Trinajstić information content (AvgIpc) is 3.35. The molecule has 186 valence electrons. The molecule has 3 aromatic rings. The Morgan fingerprint density at radius 3 is 2.20 bits per heavy atom. The number of carbonyl (C=O) groups excluding carboxylic acids is 2. The van der Waals surface area contributed by atoms with Gasteiger partial charge in [-0.15, -0.1) is 0 Å². The van der Waals surface area contributed by atoms with E-state index in [0.29, 0.717) is 22.9 Å². The minimum atomic E-state index is -0.441. The number of hydrogen-bond acceptors (Lipinski definition) is 5. The van der Waals surface area contributed by atoms with Gasteiger partial charge in [-0.2, -0.15) is 0 Å². The quantitative estimate of drug-likeness (QED) is 0.443. The van der Waals surface area contributed by atoms with E-state index < -0.39 is 6.03 Å². The van der Waals surface area contributed by atoms with Crippen molar-refractivity contribution in [3.8, 4) is 11.5 Å². The van der Waals surface area contributed by atoms with Crippen LogP contribution in [0.25, 0.3) is 0 Å². The van der Waals surface area contributed by atoms with Gasteiger partial charge in [-0.05, 0) is 43.7 Å². The van der Waals surface area contributed by atoms with E-state index in [1.807, 2.05) is 13.8 Å². The Bertz CT molecular complexity index is 1090. The highest BCUT2D eigenvalue weighted by molar-refractivity contribution is 5.93. The summed E-state index contributed by atoms with van der Waals surface area (Å²) in [4.78, 5) is 29.5. The lowest BCUT2D eigenvalue weighted by molar-refractivity contribution is -0.133. The third kappa shape index (κ3) is 7.23. The molecule has 0 aliphatic carbocycles. The number of amides is 3. The fraction of sp³-hybridized carbons (Fsp3) is 0.308. The first kappa shape index (κ1) is 25.6. The molecule has 35 heavy (non-hydrogen) atoms. The van der Waals surface area contributed by atoms with Crippen molar-refractivity contribution in [2.45, 2.75) is 33.0 Å². The molecule has 9 heteroatoms. The Labute approximate surface area is 204 Å². The van der Waals surface area contributed by atoms with Crippen LogP contribution in [-0.2, 0) is 17.9 Å². The second-order valence-corrected chi connectivity index (χ2v) is 8.21. The van der Waals surface area contributed by atoms with Crippen molar-refractivity contribution in [3.05, 3.63) is 78.0 Å². The van der Waals surface area contributed by atoms with Gasteiger partial charge < -0.3 is 29.0 Å². The molecule has 0 unspecified atom stereocenters. The molecule has 0 aliphatic heterocycles. The zero-order chi connectivity index (χ0) is 25.4. The van der Waals surface area contributed by atoms with Gasteiger partial charge in [0.15, 0.2) is 0 Å². The number of nitrogens with one attached hydrogen (secondary N) is 1. The first-order valence-electron chi connectivity index (χ1n) is 11.1. The number of benzene rings is 2. The Morgan fingerprint density at radius 2 is 1.66 bits per heavy atom. The summed E-state index contributed by atoms with van der Waals surface area (Å²) in [7, 11) is 3.04. The van der Waals surface area contributed by atoms with Gasteiger partial charge in [0.1, 0.15) is 29.6 Å². The second-order valence-electron chi connectivity index (χ2n) is 8.21. The summed E-state index contributed by atoms with van der Waals surface area (Å²) in [6.45, 7) is 3.95. The number of halogens is 1. The number of furan rings is 1. The van der Waals surface area contributed by atoms with Gasteiger partial charge in [-0.25, -0.2) is 9.18 Å². The van der Waals surface area contributed by atoms with Crippen molar-refractivity contribution >= 4 is 17.6 Å². The lowest BCUT2D eigenvalue weighted by Crippen LogP contribution is -2.47. The summed E-state index contributed by atoms with van der Waals surface area (Å²) in [6, 6.07) is 13.8. The molecule has 0 bridgehead atoms. The summed E-state index contributed by atoms with van der Waals surface area (Å²) in [5, 5.41) is 2.81. The van der Waals surface area contributed by atoms with Crippen LogP contribution in [0.3, 0.4) is 0 Å². The fourth-order valence-electron chi connectivity index (χ4n) is 3.44. The summed E-state index contributed by atoms with van der Waals surface area (Å²) >= 11 is 0. The molecular formula is C26H30FN3O5. The highest BCUT2D eigenvalue weighted by Crippen LogP contribution is 2.26. The molecule has 1 N–H and O–H groups in total. The largest absolute Gasteiger partial charge is 0.497 e. The minimum Gasteiger partial charge on any atom is -0.497 e. The Hall–Kier alpha value is -4.01. The molecule has 0 atom stereocenters. The summed E-state index contributed by atoms with van der Waals surface area (Å²) in [5.74, 6) is 1.02. The standard InChI is InChI=1S/C26H30FN3O5/c1-18(2)30(26(32)28-21-12-23(33-3)14-24(13-21)34-4)17-25(31)29(16-22-6-5-11-35-22)15-19-7-9-20(27)10-8-19/h5-14,18H,15-17H2,1-4H3,(H,28,32). The van der Waals surface area contributed by atoms with Crippen molar-refractivity contribution in [3.63, 3.8) is 0 Å². The predicted molar refractivity (Wildman–Crippen MR) is 130 cm³/mol. The van der Waals surface area contributed by atoms with E-state index in [-0.39, 0.29) is 37.4 Å². The molecule has 0 radical (unpaired) electrons. The van der Waals surface area contributed by atoms with Crippen molar-refractivity contribution in [2.24, 2.45) is 0 Å². The Kier molecular flexibility index (Phi) is 8.72. The lowest BCUT2D eigenvalue weighted by atomic mass is 10.2. The average molecular weight is 484 g/mol. The van der Waals surface area contributed by atoms with Crippen molar-refractivity contribution in [2.75, 3.05) is 26.1 Å². The van der Waals surface area contributed by atoms with Crippen LogP contribution in [0.5, 0.6) is 11.5 Å². The number of rotatable bonds is 10. The number of anilines is 1. The van der Waals surface area contributed by atoms with Crippen LogP contribution >= 0.6 is 0 Å². The van der Waals surface area contributed by atoms with E-state index in [9.17, 15) is 14.0 Å². The van der Waals surface area contributed by atoms with Gasteiger partial charge in [-0.3, -0.25) is 4.79 Å². The maximum Gasteiger partial charge on any atom is 0.322 e. The fourth-order valence-corrected chi connectivity index (χ4v) is 3.44. The van der Waals surface area contributed by atoms with Gasteiger partial charge in [0, 0.05) is 36.5 Å². The number of ether oxygens (including phenoxy) is 2. The minimum absolute atomic E-state index is 0.160. The third-order valence-corrected chi connectivity index (χ3v) is 5.36. The normalized spacial score (nSPS) is 10.7. The molecule has 0 aliphatic rings. The van der Waals surface area contributed by atoms with Crippen LogP contribution in [0.1, 0.15) is 25.2 Å². The van der Waals surface area contributed by atoms with Crippen LogP contribution in [0.15, 0.2) is 65.3 Å². The first-order valence-corrected chi connectivity index (χ1v) is 11.1. The van der Waals surface area contributed by atoms with E-state index in [1.54, 1.807) is 47.4 Å². The molecule has 3 amide bonds. The maximum absolute atomic E-state index is 13.4. The van der Waals surface area contributed by atoms with Crippen molar-refractivity contribution in [1.29, 1.82) is 0 Å². The van der Waals surface area contributed by atoms with Gasteiger partial charge in [0.25, 0.3) is 0 Å². The maximum atomic E-state index is 13.4. The van der Waals surface area contributed by atoms with Crippen LogP contribution in [0.4, 0.5) is 14.9 Å². The Balaban J connectivity index is 1.77. The molecule has 1 aromatic heterocycles. The molecular weight excluding hydrogens is 453 g/mol. The summed E-state index contributed by atoms with van der Waals surface area (Å²) in [6.07, 6.45) is 1.53. The molecule has 8 nitrogen and oxygen atoms in total. The second kappa shape index (κ2) is 11.9. The molecule has 0 fully saturated rings. The zero-order valence-corrected chi connectivity index (χ0v) is 20.3. The topological polar surface area (TPSA) is 84.3 Å². The van der Waals surface area contributed by atoms with Gasteiger partial charge in [0.2, 0.25) is 5.91 Å². The molecule has 3 rings (SSSR count). The zero-order valence-electron chi connectivity index (χ0n) is 20.3. The van der Waals surface area contributed by atoms with E-state index in [0.717, 1.165) is 5.56 Å². The highest BCUT2D eigenvalue weighted by Gasteiger charge is 2.25. The monoisotopic (exact) mass is 483 g/mol. The highest BCUT2D eigenvalue weighted by atomic mass is 19.1. The van der Waals surface area contributed by atoms with Crippen LogP contribution in [-0.4, -0.2) is 48.5 Å². The van der Waals surface area contributed by atoms with E-state index >= 15 is 0 Å². The van der Waals surface area contributed by atoms with E-state index in [4.69, 9.17) is 13.9 Å². The number of carbonyl (C=O) groups is 2. The van der Waals surface area contributed by atoms with Gasteiger partial charge >= 0.3 is 6.03 Å². The van der Waals surface area contributed by atoms with Gasteiger partial charge in [-0.1, -0.05) is 12.1 Å². The molecule has 0 saturated carbocycles. The van der Waals surface area contributed by atoms with Crippen molar-refractivity contribution < 1.29 is 27.9 Å². The predicted octanol–water partition coefficient (Wildman–Crippen LogP) is 4.91. The number of nitrogens with zero attached hydrogens (tertiary/aromatic N) is 2. The van der Waals surface area contributed by atoms with Crippen LogP contribution < -0.4 is 14.8 Å². The number of urea groups is 1. The molecule has 2 aromatic carbocycles. The molecule has 0 saturated heterocycles. The SMILES string of the molecule is COc1cc(NC(=O)N(CC(=O)N(Cc2ccc(F)cc2)Cc2ccco2)C(C)C)cc(OC)c1. The third-order valence-electron chi connectivity index (χ3n) is 5.36. The lowest BCUT2D eigenvalue weighted by Gasteiger charge is -2.30. The van der Waals surface area contributed by atoms with E-state index in [1.165, 1.54) is 37.5 Å². The van der Waals surface area contributed by atoms with Gasteiger partial charge in [0.05, 0.1) is 27.0 Å². The van der Waals surface area contributed by atoms with Crippen LogP contribution in [0, 0.1) is 5.82 Å². The Morgan fingerprint density at radius 1 is 1.00 bits per heavy atom.